The Kier molecular flexibility index (Phi) is 6.76. The maximum atomic E-state index is 11.4. The maximum Gasteiger partial charge on any atom is 0.335 e. The van der Waals surface area contributed by atoms with Gasteiger partial charge in [-0.25, -0.2) is 13.2 Å². The standard InChI is InChI=1S/C19H23NO5S/c1-20(14-15-5-3-6-16(13-15)19(21)22)11-4-12-25-17-7-9-18(10-8-17)26(2,23)24/h3,5-10,13H,4,11-12,14H2,1-2H3,(H,21,22). The summed E-state index contributed by atoms with van der Waals surface area (Å²) in [7, 11) is -1.23. The Morgan fingerprint density at radius 3 is 2.46 bits per heavy atom. The highest BCUT2D eigenvalue weighted by Gasteiger charge is 2.07. The highest BCUT2D eigenvalue weighted by atomic mass is 32.2. The lowest BCUT2D eigenvalue weighted by Crippen LogP contribution is -2.21. The first-order valence-corrected chi connectivity index (χ1v) is 10.1. The van der Waals surface area contributed by atoms with E-state index >= 15 is 0 Å². The second-order valence-electron chi connectivity index (χ2n) is 6.19. The van der Waals surface area contributed by atoms with Crippen molar-refractivity contribution in [2.24, 2.45) is 0 Å². The SMILES string of the molecule is CN(CCCOc1ccc(S(C)(=O)=O)cc1)Cc1cccc(C(=O)O)c1. The normalized spacial score (nSPS) is 11.5. The second kappa shape index (κ2) is 8.82. The van der Waals surface area contributed by atoms with Gasteiger partial charge in [0.15, 0.2) is 9.84 Å². The molecule has 2 rings (SSSR count). The third kappa shape index (κ3) is 6.16. The van der Waals surface area contributed by atoms with E-state index in [-0.39, 0.29) is 10.5 Å². The number of carboxylic acid groups (broad SMARTS) is 1. The van der Waals surface area contributed by atoms with Gasteiger partial charge in [-0.3, -0.25) is 0 Å². The van der Waals surface area contributed by atoms with Crippen molar-refractivity contribution in [1.82, 2.24) is 4.90 Å². The topological polar surface area (TPSA) is 83.9 Å². The summed E-state index contributed by atoms with van der Waals surface area (Å²) in [6, 6.07) is 13.3. The van der Waals surface area contributed by atoms with E-state index in [1.54, 1.807) is 30.3 Å². The predicted molar refractivity (Wildman–Crippen MR) is 99.4 cm³/mol. The average Bonchev–Trinajstić information content (AvgIpc) is 2.58. The van der Waals surface area contributed by atoms with Gasteiger partial charge in [-0.05, 0) is 55.4 Å². The van der Waals surface area contributed by atoms with Crippen LogP contribution < -0.4 is 4.74 Å². The fourth-order valence-corrected chi connectivity index (χ4v) is 3.13. The molecular weight excluding hydrogens is 354 g/mol. The Hall–Kier alpha value is -2.38. The molecule has 0 aliphatic rings. The number of hydrogen-bond acceptors (Lipinski definition) is 5. The lowest BCUT2D eigenvalue weighted by molar-refractivity contribution is 0.0696. The number of aromatic carboxylic acids is 1. The molecule has 1 N–H and O–H groups in total. The van der Waals surface area contributed by atoms with Gasteiger partial charge in [0.05, 0.1) is 17.1 Å². The first-order valence-electron chi connectivity index (χ1n) is 8.19. The monoisotopic (exact) mass is 377 g/mol. The third-order valence-corrected chi connectivity index (χ3v) is 4.96. The lowest BCUT2D eigenvalue weighted by atomic mass is 10.1. The van der Waals surface area contributed by atoms with Gasteiger partial charge in [0.1, 0.15) is 5.75 Å². The van der Waals surface area contributed by atoms with E-state index in [9.17, 15) is 13.2 Å². The number of benzene rings is 2. The van der Waals surface area contributed by atoms with E-state index in [0.717, 1.165) is 18.5 Å². The van der Waals surface area contributed by atoms with Crippen LogP contribution in [0, 0.1) is 0 Å². The molecule has 0 atom stereocenters. The molecule has 0 aliphatic heterocycles. The molecule has 6 nitrogen and oxygen atoms in total. The van der Waals surface area contributed by atoms with Crippen molar-refractivity contribution in [2.75, 3.05) is 26.5 Å². The zero-order chi connectivity index (χ0) is 19.2. The summed E-state index contributed by atoms with van der Waals surface area (Å²) in [5.74, 6) is -0.293. The number of ether oxygens (including phenoxy) is 1. The van der Waals surface area contributed by atoms with Crippen molar-refractivity contribution in [3.63, 3.8) is 0 Å². The van der Waals surface area contributed by atoms with Crippen molar-refractivity contribution < 1.29 is 23.1 Å². The number of carbonyl (C=O) groups is 1. The molecule has 0 heterocycles. The highest BCUT2D eigenvalue weighted by Crippen LogP contribution is 2.16. The molecule has 0 aromatic heterocycles. The van der Waals surface area contributed by atoms with E-state index in [0.29, 0.717) is 18.9 Å². The van der Waals surface area contributed by atoms with Gasteiger partial charge in [-0.15, -0.1) is 0 Å². The van der Waals surface area contributed by atoms with Crippen LogP contribution in [0.2, 0.25) is 0 Å². The average molecular weight is 377 g/mol. The van der Waals surface area contributed by atoms with Crippen LogP contribution in [0.25, 0.3) is 0 Å². The Balaban J connectivity index is 1.75. The minimum absolute atomic E-state index is 0.271. The zero-order valence-electron chi connectivity index (χ0n) is 14.9. The van der Waals surface area contributed by atoms with Crippen LogP contribution in [-0.2, 0) is 16.4 Å². The van der Waals surface area contributed by atoms with E-state index in [4.69, 9.17) is 9.84 Å². The van der Waals surface area contributed by atoms with Gasteiger partial charge in [0.2, 0.25) is 0 Å². The van der Waals surface area contributed by atoms with Crippen LogP contribution in [-0.4, -0.2) is 50.8 Å². The first-order chi connectivity index (χ1) is 12.3. The van der Waals surface area contributed by atoms with E-state index in [2.05, 4.69) is 4.90 Å². The fraction of sp³-hybridized carbons (Fsp3) is 0.316. The van der Waals surface area contributed by atoms with Gasteiger partial charge in [-0.2, -0.15) is 0 Å². The van der Waals surface area contributed by atoms with Crippen molar-refractivity contribution in [1.29, 1.82) is 0 Å². The smallest absolute Gasteiger partial charge is 0.335 e. The van der Waals surface area contributed by atoms with Crippen LogP contribution in [0.1, 0.15) is 22.3 Å². The molecule has 0 spiro atoms. The van der Waals surface area contributed by atoms with Crippen LogP contribution in [0.15, 0.2) is 53.4 Å². The Morgan fingerprint density at radius 1 is 1.15 bits per heavy atom. The third-order valence-electron chi connectivity index (χ3n) is 3.83. The number of sulfone groups is 1. The number of carboxylic acids is 1. The van der Waals surface area contributed by atoms with Crippen molar-refractivity contribution in [2.45, 2.75) is 17.9 Å². The molecule has 0 unspecified atom stereocenters. The molecule has 0 bridgehead atoms. The maximum absolute atomic E-state index is 11.4. The molecule has 0 fully saturated rings. The number of nitrogens with zero attached hydrogens (tertiary/aromatic N) is 1. The number of rotatable bonds is 9. The molecule has 0 radical (unpaired) electrons. The molecule has 2 aromatic rings. The molecule has 0 saturated carbocycles. The van der Waals surface area contributed by atoms with Crippen molar-refractivity contribution in [3.8, 4) is 5.75 Å². The molecule has 7 heteroatoms. The van der Waals surface area contributed by atoms with E-state index < -0.39 is 15.8 Å². The summed E-state index contributed by atoms with van der Waals surface area (Å²) in [6.07, 6.45) is 1.97. The highest BCUT2D eigenvalue weighted by molar-refractivity contribution is 7.90. The largest absolute Gasteiger partial charge is 0.494 e. The first kappa shape index (κ1) is 19.9. The molecule has 0 saturated heterocycles. The Bertz CT molecular complexity index is 846. The Morgan fingerprint density at radius 2 is 1.85 bits per heavy atom. The molecule has 26 heavy (non-hydrogen) atoms. The summed E-state index contributed by atoms with van der Waals surface area (Å²) >= 11 is 0. The molecule has 140 valence electrons. The van der Waals surface area contributed by atoms with Gasteiger partial charge in [-0.1, -0.05) is 12.1 Å². The van der Waals surface area contributed by atoms with Crippen LogP contribution in [0.4, 0.5) is 0 Å². The summed E-state index contributed by atoms with van der Waals surface area (Å²) < 4.78 is 28.4. The summed E-state index contributed by atoms with van der Waals surface area (Å²) in [5, 5.41) is 9.02. The fourth-order valence-electron chi connectivity index (χ4n) is 2.50. The van der Waals surface area contributed by atoms with Crippen LogP contribution in [0.5, 0.6) is 5.75 Å². The minimum Gasteiger partial charge on any atom is -0.494 e. The second-order valence-corrected chi connectivity index (χ2v) is 8.20. The van der Waals surface area contributed by atoms with E-state index in [1.165, 1.54) is 18.4 Å². The van der Waals surface area contributed by atoms with Crippen LogP contribution in [0.3, 0.4) is 0 Å². The molecule has 0 amide bonds. The quantitative estimate of drug-likeness (QED) is 0.677. The zero-order valence-corrected chi connectivity index (χ0v) is 15.7. The molecule has 2 aromatic carbocycles. The minimum atomic E-state index is -3.19. The molecular formula is C19H23NO5S. The summed E-state index contributed by atoms with van der Waals surface area (Å²) in [4.78, 5) is 13.4. The number of hydrogen-bond donors (Lipinski definition) is 1. The molecule has 0 aliphatic carbocycles. The summed E-state index contributed by atoms with van der Waals surface area (Å²) in [5.41, 5.74) is 1.24. The van der Waals surface area contributed by atoms with E-state index in [1.807, 2.05) is 13.1 Å². The predicted octanol–water partition coefficient (Wildman–Crippen LogP) is 2.69. The van der Waals surface area contributed by atoms with Gasteiger partial charge in [0, 0.05) is 19.3 Å². The van der Waals surface area contributed by atoms with Gasteiger partial charge >= 0.3 is 5.97 Å². The Labute approximate surface area is 153 Å². The van der Waals surface area contributed by atoms with Crippen molar-refractivity contribution >= 4 is 15.8 Å². The van der Waals surface area contributed by atoms with Crippen LogP contribution >= 0.6 is 0 Å². The van der Waals surface area contributed by atoms with Gasteiger partial charge in [0.25, 0.3) is 0 Å². The lowest BCUT2D eigenvalue weighted by Gasteiger charge is -2.17. The van der Waals surface area contributed by atoms with Crippen molar-refractivity contribution in [3.05, 3.63) is 59.7 Å². The summed E-state index contributed by atoms with van der Waals surface area (Å²) in [6.45, 7) is 1.96. The van der Waals surface area contributed by atoms with Gasteiger partial charge < -0.3 is 14.7 Å².